The molecular formula is C24H26N2O4. The van der Waals surface area contributed by atoms with Gasteiger partial charge >= 0.3 is 0 Å². The Morgan fingerprint density at radius 1 is 1.17 bits per heavy atom. The number of carbonyl (C=O) groups excluding carboxylic acids is 1. The number of pyridine rings is 1. The maximum absolute atomic E-state index is 13.4. The third kappa shape index (κ3) is 3.50. The van der Waals surface area contributed by atoms with Crippen molar-refractivity contribution in [3.05, 3.63) is 66.2 Å². The standard InChI is InChI=1S/C24H26N2O4/c1-28-21-8-3-2-7-17(21)20-14-29-24-18(23(20)27)9-10-22-19(24)13-26(15-30-22)12-16-6-4-5-11-25-16/h2-8,11,14,18-19,22,24H,9-10,12-13,15H2,1H3. The summed E-state index contributed by atoms with van der Waals surface area (Å²) in [5, 5.41) is 0. The summed E-state index contributed by atoms with van der Waals surface area (Å²) in [4.78, 5) is 20.1. The molecule has 2 aliphatic heterocycles. The van der Waals surface area contributed by atoms with Crippen molar-refractivity contribution in [2.45, 2.75) is 31.6 Å². The van der Waals surface area contributed by atoms with Gasteiger partial charge in [-0.05, 0) is 31.0 Å². The molecule has 3 heterocycles. The lowest BCUT2D eigenvalue weighted by molar-refractivity contribution is -0.171. The normalized spacial score (nSPS) is 28.7. The van der Waals surface area contributed by atoms with Gasteiger partial charge in [0.1, 0.15) is 11.9 Å². The number of ketones is 1. The molecule has 30 heavy (non-hydrogen) atoms. The quantitative estimate of drug-likeness (QED) is 0.777. The minimum absolute atomic E-state index is 0.139. The Labute approximate surface area is 176 Å². The Morgan fingerprint density at radius 2 is 2.03 bits per heavy atom. The van der Waals surface area contributed by atoms with Crippen LogP contribution in [0.3, 0.4) is 0 Å². The predicted molar refractivity (Wildman–Crippen MR) is 111 cm³/mol. The van der Waals surface area contributed by atoms with Crippen molar-refractivity contribution >= 4 is 11.4 Å². The molecule has 1 saturated carbocycles. The second-order valence-corrected chi connectivity index (χ2v) is 8.21. The van der Waals surface area contributed by atoms with Crippen LogP contribution >= 0.6 is 0 Å². The third-order valence-corrected chi connectivity index (χ3v) is 6.45. The Hall–Kier alpha value is -2.70. The van der Waals surface area contributed by atoms with Crippen LogP contribution in [0.1, 0.15) is 24.1 Å². The first kappa shape index (κ1) is 19.3. The number of carbonyl (C=O) groups is 1. The molecule has 6 nitrogen and oxygen atoms in total. The Morgan fingerprint density at radius 3 is 2.87 bits per heavy atom. The monoisotopic (exact) mass is 406 g/mol. The highest BCUT2D eigenvalue weighted by atomic mass is 16.5. The zero-order chi connectivity index (χ0) is 20.5. The van der Waals surface area contributed by atoms with Gasteiger partial charge in [0, 0.05) is 30.8 Å². The molecule has 1 aliphatic carbocycles. The fourth-order valence-corrected chi connectivity index (χ4v) is 4.99. The van der Waals surface area contributed by atoms with Crippen LogP contribution in [-0.4, -0.2) is 48.3 Å². The number of rotatable bonds is 4. The van der Waals surface area contributed by atoms with Gasteiger partial charge in [-0.15, -0.1) is 0 Å². The number of aromatic nitrogens is 1. The van der Waals surface area contributed by atoms with E-state index in [1.54, 1.807) is 13.4 Å². The molecule has 4 atom stereocenters. The number of hydrogen-bond acceptors (Lipinski definition) is 6. The first-order chi connectivity index (χ1) is 14.7. The molecule has 0 amide bonds. The van der Waals surface area contributed by atoms with E-state index in [1.165, 1.54) is 0 Å². The second kappa shape index (κ2) is 8.20. The summed E-state index contributed by atoms with van der Waals surface area (Å²) < 4.78 is 17.8. The van der Waals surface area contributed by atoms with E-state index in [1.807, 2.05) is 48.7 Å². The van der Waals surface area contributed by atoms with Crippen LogP contribution in [0.5, 0.6) is 5.75 Å². The van der Waals surface area contributed by atoms with Gasteiger partial charge in [-0.25, -0.2) is 0 Å². The molecule has 0 spiro atoms. The Kier molecular flexibility index (Phi) is 5.27. The van der Waals surface area contributed by atoms with Gasteiger partial charge in [0.05, 0.1) is 43.4 Å². The zero-order valence-corrected chi connectivity index (χ0v) is 17.1. The minimum atomic E-state index is -0.152. The molecule has 5 rings (SSSR count). The molecule has 6 heteroatoms. The largest absolute Gasteiger partial charge is 0.496 e. The van der Waals surface area contributed by atoms with Gasteiger partial charge in [0.25, 0.3) is 0 Å². The molecule has 156 valence electrons. The highest BCUT2D eigenvalue weighted by Crippen LogP contribution is 2.43. The summed E-state index contributed by atoms with van der Waals surface area (Å²) in [6.45, 7) is 2.16. The number of nitrogens with zero attached hydrogens (tertiary/aromatic N) is 2. The Bertz CT molecular complexity index is 945. The van der Waals surface area contributed by atoms with Crippen molar-refractivity contribution in [1.29, 1.82) is 0 Å². The van der Waals surface area contributed by atoms with Crippen molar-refractivity contribution < 1.29 is 19.0 Å². The molecule has 1 aromatic carbocycles. The first-order valence-electron chi connectivity index (χ1n) is 10.5. The summed E-state index contributed by atoms with van der Waals surface area (Å²) >= 11 is 0. The van der Waals surface area contributed by atoms with E-state index in [4.69, 9.17) is 14.2 Å². The molecule has 1 saturated heterocycles. The van der Waals surface area contributed by atoms with E-state index in [9.17, 15) is 4.79 Å². The lowest BCUT2D eigenvalue weighted by Crippen LogP contribution is -2.56. The number of hydrogen-bond donors (Lipinski definition) is 0. The topological polar surface area (TPSA) is 60.9 Å². The second-order valence-electron chi connectivity index (χ2n) is 8.21. The van der Waals surface area contributed by atoms with Crippen molar-refractivity contribution in [3.8, 4) is 5.75 Å². The van der Waals surface area contributed by atoms with Crippen molar-refractivity contribution in [1.82, 2.24) is 9.88 Å². The average Bonchev–Trinajstić information content (AvgIpc) is 2.80. The fraction of sp³-hybridized carbons (Fsp3) is 0.417. The summed E-state index contributed by atoms with van der Waals surface area (Å²) in [6, 6.07) is 13.6. The lowest BCUT2D eigenvalue weighted by atomic mass is 9.71. The highest BCUT2D eigenvalue weighted by molar-refractivity contribution is 6.22. The highest BCUT2D eigenvalue weighted by Gasteiger charge is 2.49. The molecule has 0 radical (unpaired) electrons. The number of para-hydroxylation sites is 1. The molecule has 0 N–H and O–H groups in total. The summed E-state index contributed by atoms with van der Waals surface area (Å²) in [6.07, 6.45) is 5.12. The number of ether oxygens (including phenoxy) is 3. The number of Topliss-reactive ketones (excluding diaryl/α,β-unsaturated/α-hetero) is 1. The molecule has 4 unspecified atom stereocenters. The van der Waals surface area contributed by atoms with Crippen LogP contribution < -0.4 is 4.74 Å². The van der Waals surface area contributed by atoms with Gasteiger partial charge in [-0.3, -0.25) is 14.7 Å². The van der Waals surface area contributed by atoms with E-state index in [-0.39, 0.29) is 29.8 Å². The third-order valence-electron chi connectivity index (χ3n) is 6.45. The van der Waals surface area contributed by atoms with E-state index in [0.717, 1.165) is 37.2 Å². The summed E-state index contributed by atoms with van der Waals surface area (Å²) in [5.74, 6) is 0.863. The minimum Gasteiger partial charge on any atom is -0.496 e. The maximum Gasteiger partial charge on any atom is 0.173 e. The van der Waals surface area contributed by atoms with Crippen LogP contribution in [-0.2, 0) is 20.8 Å². The van der Waals surface area contributed by atoms with E-state index < -0.39 is 0 Å². The van der Waals surface area contributed by atoms with Gasteiger partial charge in [-0.2, -0.15) is 0 Å². The van der Waals surface area contributed by atoms with Crippen LogP contribution in [0, 0.1) is 11.8 Å². The molecule has 0 bridgehead atoms. The smallest absolute Gasteiger partial charge is 0.173 e. The first-order valence-corrected chi connectivity index (χ1v) is 10.5. The number of allylic oxidation sites excluding steroid dienone is 1. The fourth-order valence-electron chi connectivity index (χ4n) is 4.99. The molecule has 2 aromatic rings. The number of methoxy groups -OCH3 is 1. The van der Waals surface area contributed by atoms with Crippen LogP contribution in [0.15, 0.2) is 54.9 Å². The van der Waals surface area contributed by atoms with Crippen LogP contribution in [0.25, 0.3) is 5.57 Å². The number of fused-ring (bicyclic) bond motifs is 3. The summed E-state index contributed by atoms with van der Waals surface area (Å²) in [7, 11) is 1.62. The van der Waals surface area contributed by atoms with Gasteiger partial charge in [0.15, 0.2) is 5.78 Å². The Balaban J connectivity index is 1.36. The van der Waals surface area contributed by atoms with Gasteiger partial charge in [-0.1, -0.05) is 24.3 Å². The number of benzene rings is 1. The van der Waals surface area contributed by atoms with Crippen molar-refractivity contribution in [2.24, 2.45) is 11.8 Å². The molecule has 2 fully saturated rings. The lowest BCUT2D eigenvalue weighted by Gasteiger charge is -2.48. The van der Waals surface area contributed by atoms with Crippen LogP contribution in [0.2, 0.25) is 0 Å². The molecule has 1 aromatic heterocycles. The zero-order valence-electron chi connectivity index (χ0n) is 17.1. The van der Waals surface area contributed by atoms with Crippen LogP contribution in [0.4, 0.5) is 0 Å². The van der Waals surface area contributed by atoms with Crippen molar-refractivity contribution in [2.75, 3.05) is 20.4 Å². The average molecular weight is 406 g/mol. The predicted octanol–water partition coefficient (Wildman–Crippen LogP) is 3.28. The SMILES string of the molecule is COc1ccccc1C1=COC2C(CCC3OCN(Cc4ccccn4)CC32)C1=O. The van der Waals surface area contributed by atoms with Gasteiger partial charge < -0.3 is 14.2 Å². The summed E-state index contributed by atoms with van der Waals surface area (Å²) in [5.41, 5.74) is 2.42. The van der Waals surface area contributed by atoms with E-state index in [2.05, 4.69) is 9.88 Å². The maximum atomic E-state index is 13.4. The molecule has 3 aliphatic rings. The molecular weight excluding hydrogens is 380 g/mol. The van der Waals surface area contributed by atoms with E-state index >= 15 is 0 Å². The van der Waals surface area contributed by atoms with Gasteiger partial charge in [0.2, 0.25) is 0 Å². The van der Waals surface area contributed by atoms with E-state index in [0.29, 0.717) is 18.1 Å². The van der Waals surface area contributed by atoms with Crippen molar-refractivity contribution in [3.63, 3.8) is 0 Å².